The van der Waals surface area contributed by atoms with Gasteiger partial charge < -0.3 is 0 Å². The molecule has 9 aromatic rings. The van der Waals surface area contributed by atoms with Crippen molar-refractivity contribution < 1.29 is 0 Å². The fraction of sp³-hybridized carbons (Fsp3) is 0.172. The average molecular weight is 825 g/mol. The smallest absolute Gasteiger partial charge is 0.164 e. The molecule has 2 aromatic heterocycles. The maximum Gasteiger partial charge on any atom is 0.164 e. The Morgan fingerprint density at radius 2 is 0.578 bits per heavy atom. The molecular weight excluding hydrogens is 781 g/mol. The Balaban J connectivity index is 0.927. The van der Waals surface area contributed by atoms with Crippen molar-refractivity contribution in [3.8, 4) is 90.6 Å². The van der Waals surface area contributed by atoms with Gasteiger partial charge in [-0.1, -0.05) is 170 Å². The largest absolute Gasteiger partial charge is 0.208 e. The minimum atomic E-state index is 0.0358. The summed E-state index contributed by atoms with van der Waals surface area (Å²) in [6.07, 6.45) is 6.76. The van der Waals surface area contributed by atoms with E-state index in [1.54, 1.807) is 0 Å². The van der Waals surface area contributed by atoms with Gasteiger partial charge in [0.25, 0.3) is 0 Å². The van der Waals surface area contributed by atoms with Gasteiger partial charge in [0.05, 0.1) is 0 Å². The predicted molar refractivity (Wildman–Crippen MR) is 255 cm³/mol. The molecule has 6 heteroatoms. The van der Waals surface area contributed by atoms with Crippen LogP contribution in [0.2, 0.25) is 0 Å². The maximum atomic E-state index is 5.16. The summed E-state index contributed by atoms with van der Waals surface area (Å²) in [7, 11) is 0. The Hall–Kier alpha value is -7.44. The molecule has 4 fully saturated rings. The molecule has 2 heterocycles. The lowest BCUT2D eigenvalue weighted by molar-refractivity contribution is -0.0399. The van der Waals surface area contributed by atoms with E-state index in [0.717, 1.165) is 50.8 Å². The van der Waals surface area contributed by atoms with Crippen LogP contribution in [-0.4, -0.2) is 29.9 Å². The first-order valence-electron chi connectivity index (χ1n) is 22.8. The van der Waals surface area contributed by atoms with E-state index in [1.807, 2.05) is 97.1 Å². The van der Waals surface area contributed by atoms with Gasteiger partial charge in [-0.3, -0.25) is 0 Å². The summed E-state index contributed by atoms with van der Waals surface area (Å²) >= 11 is 0. The van der Waals surface area contributed by atoms with Gasteiger partial charge in [-0.15, -0.1) is 0 Å². The molecule has 6 nitrogen and oxygen atoms in total. The molecule has 1 spiro atoms. The van der Waals surface area contributed by atoms with Crippen LogP contribution in [0, 0.1) is 23.7 Å². The zero-order valence-corrected chi connectivity index (χ0v) is 35.3. The van der Waals surface area contributed by atoms with Crippen molar-refractivity contribution in [2.75, 3.05) is 0 Å². The first-order valence-corrected chi connectivity index (χ1v) is 22.8. The lowest BCUT2D eigenvalue weighted by atomic mass is 9.43. The van der Waals surface area contributed by atoms with E-state index in [9.17, 15) is 0 Å². The van der Waals surface area contributed by atoms with E-state index in [2.05, 4.69) is 84.9 Å². The van der Waals surface area contributed by atoms with Crippen LogP contribution in [0.3, 0.4) is 0 Å². The van der Waals surface area contributed by atoms with Gasteiger partial charge in [-0.2, -0.15) is 0 Å². The van der Waals surface area contributed by atoms with Gasteiger partial charge in [0.1, 0.15) is 0 Å². The first kappa shape index (κ1) is 37.1. The van der Waals surface area contributed by atoms with E-state index in [1.165, 1.54) is 59.9 Å². The third-order valence-corrected chi connectivity index (χ3v) is 14.8. The molecular formula is C58H44N6. The SMILES string of the molecule is c1ccc(-c2nc(-c3ccccc3)nc(-c3ccc(-c4ccc5c(c4)-c4cc(-c6nc(-c7ccccc7)nc(-c7ccccc7)n6)ccc4C54C5CC6CC(C5)CC4C6)cc3)n2)cc1. The molecule has 7 aromatic carbocycles. The van der Waals surface area contributed by atoms with Gasteiger partial charge in [-0.25, -0.2) is 29.9 Å². The molecule has 5 aliphatic carbocycles. The van der Waals surface area contributed by atoms with Crippen LogP contribution in [0.5, 0.6) is 0 Å². The van der Waals surface area contributed by atoms with Gasteiger partial charge in [0.2, 0.25) is 0 Å². The number of hydrogen-bond acceptors (Lipinski definition) is 6. The summed E-state index contributed by atoms with van der Waals surface area (Å²) in [4.78, 5) is 30.2. The number of fused-ring (bicyclic) bond motifs is 3. The lowest BCUT2D eigenvalue weighted by Crippen LogP contribution is -2.55. The number of rotatable bonds is 7. The molecule has 14 rings (SSSR count). The normalized spacial score (nSPS) is 21.2. The highest BCUT2D eigenvalue weighted by molar-refractivity contribution is 5.88. The van der Waals surface area contributed by atoms with Crippen LogP contribution in [-0.2, 0) is 5.41 Å². The number of hydrogen-bond donors (Lipinski definition) is 0. The molecule has 0 radical (unpaired) electrons. The second kappa shape index (κ2) is 14.8. The van der Waals surface area contributed by atoms with Crippen LogP contribution in [0.1, 0.15) is 43.2 Å². The van der Waals surface area contributed by atoms with Crippen molar-refractivity contribution in [3.63, 3.8) is 0 Å². The van der Waals surface area contributed by atoms with Crippen molar-refractivity contribution >= 4 is 0 Å². The van der Waals surface area contributed by atoms with Crippen LogP contribution in [0.15, 0.2) is 182 Å². The monoisotopic (exact) mass is 824 g/mol. The Kier molecular flexibility index (Phi) is 8.61. The molecule has 4 saturated carbocycles. The highest BCUT2D eigenvalue weighted by atomic mass is 15.0. The second-order valence-corrected chi connectivity index (χ2v) is 18.3. The zero-order chi connectivity index (χ0) is 42.2. The molecule has 0 atom stereocenters. The summed E-state index contributed by atoms with van der Waals surface area (Å²) in [5.74, 6) is 7.09. The van der Waals surface area contributed by atoms with Crippen LogP contribution in [0.25, 0.3) is 90.6 Å². The molecule has 0 saturated heterocycles. The van der Waals surface area contributed by atoms with Crippen molar-refractivity contribution in [2.45, 2.75) is 37.5 Å². The van der Waals surface area contributed by atoms with Crippen molar-refractivity contribution in [3.05, 3.63) is 193 Å². The molecule has 64 heavy (non-hydrogen) atoms. The zero-order valence-electron chi connectivity index (χ0n) is 35.3. The minimum Gasteiger partial charge on any atom is -0.208 e. The van der Waals surface area contributed by atoms with Crippen LogP contribution >= 0.6 is 0 Å². The van der Waals surface area contributed by atoms with Crippen molar-refractivity contribution in [1.29, 1.82) is 0 Å². The van der Waals surface area contributed by atoms with E-state index in [-0.39, 0.29) is 5.41 Å². The summed E-state index contributed by atoms with van der Waals surface area (Å²) < 4.78 is 0. The van der Waals surface area contributed by atoms with E-state index >= 15 is 0 Å². The fourth-order valence-electron chi connectivity index (χ4n) is 12.2. The van der Waals surface area contributed by atoms with E-state index in [4.69, 9.17) is 29.9 Å². The lowest BCUT2D eigenvalue weighted by Gasteiger charge is -2.61. The quantitative estimate of drug-likeness (QED) is 0.159. The second-order valence-electron chi connectivity index (χ2n) is 18.3. The molecule has 4 bridgehead atoms. The van der Waals surface area contributed by atoms with Gasteiger partial charge in [0, 0.05) is 38.8 Å². The summed E-state index contributed by atoms with van der Waals surface area (Å²) in [5.41, 5.74) is 13.9. The molecule has 0 aliphatic heterocycles. The summed E-state index contributed by atoms with van der Waals surface area (Å²) in [6, 6.07) is 64.1. The van der Waals surface area contributed by atoms with Crippen LogP contribution < -0.4 is 0 Å². The predicted octanol–water partition coefficient (Wildman–Crippen LogP) is 13.4. The van der Waals surface area contributed by atoms with Gasteiger partial charge in [-0.05, 0) is 101 Å². The number of aromatic nitrogens is 6. The first-order chi connectivity index (χ1) is 31.6. The van der Waals surface area contributed by atoms with Crippen LogP contribution in [0.4, 0.5) is 0 Å². The fourth-order valence-corrected chi connectivity index (χ4v) is 12.2. The Morgan fingerprint density at radius 1 is 0.281 bits per heavy atom. The topological polar surface area (TPSA) is 77.3 Å². The molecule has 5 aliphatic rings. The minimum absolute atomic E-state index is 0.0358. The van der Waals surface area contributed by atoms with E-state index < -0.39 is 0 Å². The highest BCUT2D eigenvalue weighted by Gasteiger charge is 2.61. The summed E-state index contributed by atoms with van der Waals surface area (Å²) in [6.45, 7) is 0. The third kappa shape index (κ3) is 6.07. The van der Waals surface area contributed by atoms with Gasteiger partial charge in [0.15, 0.2) is 34.9 Å². The summed E-state index contributed by atoms with van der Waals surface area (Å²) in [5, 5.41) is 0. The molecule has 306 valence electrons. The Bertz CT molecular complexity index is 3060. The Morgan fingerprint density at radius 3 is 0.969 bits per heavy atom. The number of nitrogens with zero attached hydrogens (tertiary/aromatic N) is 6. The van der Waals surface area contributed by atoms with E-state index in [0.29, 0.717) is 46.8 Å². The Labute approximate surface area is 373 Å². The average Bonchev–Trinajstić information content (AvgIpc) is 3.65. The molecule has 0 unspecified atom stereocenters. The molecule has 0 amide bonds. The number of benzene rings is 7. The van der Waals surface area contributed by atoms with Crippen molar-refractivity contribution in [1.82, 2.24) is 29.9 Å². The third-order valence-electron chi connectivity index (χ3n) is 14.8. The standard InChI is InChI=1S/C58H44N6/c1-5-13-39(14-6-1)52-59-53(40-15-7-2-8-16-40)62-56(61-52)43-23-21-38(22-24-43)44-25-27-50-48(34-44)49-35-45(26-28-51(49)58(50)46-30-36-29-37(32-46)33-47(58)31-36)57-63-54(41-17-9-3-10-18-41)60-55(64-57)42-19-11-4-12-20-42/h1-28,34-37,46-47H,29-33H2. The maximum absolute atomic E-state index is 5.16. The van der Waals surface area contributed by atoms with Gasteiger partial charge >= 0.3 is 0 Å². The highest BCUT2D eigenvalue weighted by Crippen LogP contribution is 2.69. The molecule has 0 N–H and O–H groups in total. The van der Waals surface area contributed by atoms with Crippen molar-refractivity contribution in [2.24, 2.45) is 23.7 Å².